The van der Waals surface area contributed by atoms with Crippen LogP contribution in [0.1, 0.15) is 11.3 Å². The molecule has 1 aromatic carbocycles. The molecule has 2 aromatic rings. The molecule has 0 saturated carbocycles. The second kappa shape index (κ2) is 13.9. The van der Waals surface area contributed by atoms with E-state index in [1.54, 1.807) is 16.8 Å². The summed E-state index contributed by atoms with van der Waals surface area (Å²) in [5.41, 5.74) is 10.1. The summed E-state index contributed by atoms with van der Waals surface area (Å²) in [6.07, 6.45) is 3.14. The van der Waals surface area contributed by atoms with E-state index >= 15 is 0 Å². The summed E-state index contributed by atoms with van der Waals surface area (Å²) in [6.45, 7) is 2.60. The standard InChI is InChI=1S/C20H31N9O3/c1-28(2)18(13-16-3-5-19(30)6-4-16)14-23-20(31)22-8-7-17-15-29(27-25-17)10-12-32-11-9-24-26-21/h3-6,15,18,30H,7-14H2,1-2H3,(H2,22,23,31)/t18-/m0/s1. The summed E-state index contributed by atoms with van der Waals surface area (Å²) in [5, 5.41) is 26.7. The van der Waals surface area contributed by atoms with Gasteiger partial charge < -0.3 is 25.4 Å². The Labute approximate surface area is 187 Å². The van der Waals surface area contributed by atoms with Gasteiger partial charge in [0.15, 0.2) is 0 Å². The van der Waals surface area contributed by atoms with E-state index < -0.39 is 0 Å². The van der Waals surface area contributed by atoms with E-state index in [0.29, 0.717) is 45.8 Å². The lowest BCUT2D eigenvalue weighted by Gasteiger charge is -2.25. The Morgan fingerprint density at radius 3 is 2.81 bits per heavy atom. The largest absolute Gasteiger partial charge is 0.508 e. The molecule has 12 heteroatoms. The van der Waals surface area contributed by atoms with Crippen molar-refractivity contribution >= 4 is 6.03 Å². The minimum Gasteiger partial charge on any atom is -0.508 e. The van der Waals surface area contributed by atoms with E-state index in [2.05, 4.69) is 35.9 Å². The van der Waals surface area contributed by atoms with Crippen molar-refractivity contribution in [1.29, 1.82) is 0 Å². The number of hydrogen-bond acceptors (Lipinski definition) is 7. The molecule has 3 N–H and O–H groups in total. The van der Waals surface area contributed by atoms with E-state index in [1.165, 1.54) is 0 Å². The number of rotatable bonds is 14. The molecule has 1 heterocycles. The number of aromatic nitrogens is 3. The molecule has 0 aliphatic rings. The van der Waals surface area contributed by atoms with Gasteiger partial charge in [-0.15, -0.1) is 5.10 Å². The maximum absolute atomic E-state index is 12.2. The molecule has 0 saturated heterocycles. The van der Waals surface area contributed by atoms with Crippen LogP contribution in [0.5, 0.6) is 5.75 Å². The third-order valence-corrected chi connectivity index (χ3v) is 4.75. The highest BCUT2D eigenvalue weighted by Gasteiger charge is 2.14. The summed E-state index contributed by atoms with van der Waals surface area (Å²) >= 11 is 0. The third kappa shape index (κ3) is 9.65. The van der Waals surface area contributed by atoms with Crippen molar-refractivity contribution in [1.82, 2.24) is 30.5 Å². The molecular weight excluding hydrogens is 414 g/mol. The molecule has 1 atom stereocenters. The summed E-state index contributed by atoms with van der Waals surface area (Å²) in [7, 11) is 3.94. The van der Waals surface area contributed by atoms with Gasteiger partial charge in [0.05, 0.1) is 25.5 Å². The fraction of sp³-hybridized carbons (Fsp3) is 0.550. The lowest BCUT2D eigenvalue weighted by atomic mass is 10.1. The number of aromatic hydroxyl groups is 1. The number of amides is 2. The molecule has 0 fully saturated rings. The predicted molar refractivity (Wildman–Crippen MR) is 119 cm³/mol. The number of ether oxygens (including phenoxy) is 1. The Morgan fingerprint density at radius 2 is 2.09 bits per heavy atom. The Morgan fingerprint density at radius 1 is 1.31 bits per heavy atom. The SMILES string of the molecule is CN(C)[C@H](CNC(=O)NCCc1cn(CCOCCN=[N+]=[N-])nn1)Cc1ccc(O)cc1. The lowest BCUT2D eigenvalue weighted by molar-refractivity contribution is 0.130. The number of carbonyl (C=O) groups excluding carboxylic acids is 1. The first kappa shape index (κ1) is 24.9. The van der Waals surface area contributed by atoms with Gasteiger partial charge in [-0.05, 0) is 43.7 Å². The van der Waals surface area contributed by atoms with Crippen LogP contribution in [0.15, 0.2) is 35.6 Å². The fourth-order valence-electron chi connectivity index (χ4n) is 2.89. The summed E-state index contributed by atoms with van der Waals surface area (Å²) in [6, 6.07) is 6.99. The molecule has 0 aliphatic carbocycles. The predicted octanol–water partition coefficient (Wildman–Crippen LogP) is 1.33. The van der Waals surface area contributed by atoms with Crippen molar-refractivity contribution < 1.29 is 14.6 Å². The van der Waals surface area contributed by atoms with Gasteiger partial charge in [-0.25, -0.2) is 9.48 Å². The maximum atomic E-state index is 12.2. The molecule has 0 bridgehead atoms. The number of nitrogens with one attached hydrogen (secondary N) is 2. The Bertz CT molecular complexity index is 863. The van der Waals surface area contributed by atoms with Crippen molar-refractivity contribution in [3.63, 3.8) is 0 Å². The summed E-state index contributed by atoms with van der Waals surface area (Å²) in [5.74, 6) is 0.239. The van der Waals surface area contributed by atoms with Gasteiger partial charge in [-0.2, -0.15) is 0 Å². The molecule has 32 heavy (non-hydrogen) atoms. The first-order valence-corrected chi connectivity index (χ1v) is 10.4. The quantitative estimate of drug-likeness (QED) is 0.172. The zero-order valence-corrected chi connectivity index (χ0v) is 18.5. The van der Waals surface area contributed by atoms with E-state index in [1.807, 2.05) is 32.4 Å². The number of nitrogens with zero attached hydrogens (tertiary/aromatic N) is 7. The molecule has 0 unspecified atom stereocenters. The molecule has 0 aliphatic heterocycles. The van der Waals surface area contributed by atoms with Crippen LogP contribution in [0.3, 0.4) is 0 Å². The fourth-order valence-corrected chi connectivity index (χ4v) is 2.89. The molecule has 12 nitrogen and oxygen atoms in total. The number of phenols is 1. The monoisotopic (exact) mass is 445 g/mol. The van der Waals surface area contributed by atoms with Gasteiger partial charge in [-0.1, -0.05) is 22.5 Å². The third-order valence-electron chi connectivity index (χ3n) is 4.75. The highest BCUT2D eigenvalue weighted by Crippen LogP contribution is 2.12. The highest BCUT2D eigenvalue weighted by atomic mass is 16.5. The second-order valence-corrected chi connectivity index (χ2v) is 7.41. The van der Waals surface area contributed by atoms with E-state index in [9.17, 15) is 9.90 Å². The average molecular weight is 446 g/mol. The summed E-state index contributed by atoms with van der Waals surface area (Å²) in [4.78, 5) is 16.9. The Hall–Kier alpha value is -3.34. The van der Waals surface area contributed by atoms with Gasteiger partial charge >= 0.3 is 6.03 Å². The van der Waals surface area contributed by atoms with Gasteiger partial charge in [-0.3, -0.25) is 0 Å². The number of hydrogen-bond donors (Lipinski definition) is 3. The molecule has 174 valence electrons. The number of phenolic OH excluding ortho intramolecular Hbond substituents is 1. The molecule has 2 rings (SSSR count). The van der Waals surface area contributed by atoms with Gasteiger partial charge in [0.1, 0.15) is 5.75 Å². The Kier molecular flexibility index (Phi) is 10.8. The zero-order chi connectivity index (χ0) is 23.2. The van der Waals surface area contributed by atoms with Crippen LogP contribution in [0.2, 0.25) is 0 Å². The van der Waals surface area contributed by atoms with Gasteiger partial charge in [0.25, 0.3) is 0 Å². The molecule has 2 amide bonds. The number of carbonyl (C=O) groups is 1. The van der Waals surface area contributed by atoms with Crippen LogP contribution in [0.4, 0.5) is 4.79 Å². The van der Waals surface area contributed by atoms with E-state index in [-0.39, 0.29) is 17.8 Å². The highest BCUT2D eigenvalue weighted by molar-refractivity contribution is 5.73. The van der Waals surface area contributed by atoms with Crippen molar-refractivity contribution in [2.75, 3.05) is 46.9 Å². The molecule has 0 spiro atoms. The smallest absolute Gasteiger partial charge is 0.314 e. The lowest BCUT2D eigenvalue weighted by Crippen LogP contribution is -2.45. The topological polar surface area (TPSA) is 153 Å². The van der Waals surface area contributed by atoms with Gasteiger partial charge in [0, 0.05) is 43.2 Å². The molecule has 1 aromatic heterocycles. The zero-order valence-electron chi connectivity index (χ0n) is 18.5. The van der Waals surface area contributed by atoms with E-state index in [4.69, 9.17) is 10.3 Å². The van der Waals surface area contributed by atoms with Gasteiger partial charge in [0.2, 0.25) is 0 Å². The summed E-state index contributed by atoms with van der Waals surface area (Å²) < 4.78 is 7.01. The number of azide groups is 1. The van der Waals surface area contributed by atoms with Crippen molar-refractivity contribution in [2.45, 2.75) is 25.4 Å². The van der Waals surface area contributed by atoms with Crippen molar-refractivity contribution in [3.05, 3.63) is 52.2 Å². The van der Waals surface area contributed by atoms with Crippen LogP contribution >= 0.6 is 0 Å². The van der Waals surface area contributed by atoms with Crippen LogP contribution in [0.25, 0.3) is 10.4 Å². The van der Waals surface area contributed by atoms with Crippen molar-refractivity contribution in [3.8, 4) is 5.75 Å². The number of urea groups is 1. The minimum absolute atomic E-state index is 0.124. The second-order valence-electron chi connectivity index (χ2n) is 7.41. The van der Waals surface area contributed by atoms with Crippen LogP contribution in [-0.2, 0) is 24.1 Å². The first-order chi connectivity index (χ1) is 15.5. The van der Waals surface area contributed by atoms with Crippen LogP contribution < -0.4 is 10.6 Å². The number of benzene rings is 1. The maximum Gasteiger partial charge on any atom is 0.314 e. The Balaban J connectivity index is 1.64. The minimum atomic E-state index is -0.233. The first-order valence-electron chi connectivity index (χ1n) is 10.4. The van der Waals surface area contributed by atoms with E-state index in [0.717, 1.165) is 17.7 Å². The molecular formula is C20H31N9O3. The van der Waals surface area contributed by atoms with Crippen LogP contribution in [-0.4, -0.2) is 84.0 Å². The number of likely N-dealkylation sites (N-methyl/N-ethyl adjacent to an activating group) is 1. The van der Waals surface area contributed by atoms with Crippen molar-refractivity contribution in [2.24, 2.45) is 5.11 Å². The molecule has 0 radical (unpaired) electrons. The normalized spacial score (nSPS) is 11.7. The van der Waals surface area contributed by atoms with Crippen LogP contribution in [0, 0.1) is 0 Å². The average Bonchev–Trinajstić information content (AvgIpc) is 3.22.